The Balaban J connectivity index is 1.73. The SMILES string of the molecule is CC(N[C@H]1CC(C=O)N(CC(NC(=O)OC(C)(C)C)C(=O)N2CCCC2C#N)C1)c1cccc(C(N)=O)c1. The zero-order valence-corrected chi connectivity index (χ0v) is 22.5. The third-order valence-corrected chi connectivity index (χ3v) is 6.85. The predicted octanol–water partition coefficient (Wildman–Crippen LogP) is 1.49. The summed E-state index contributed by atoms with van der Waals surface area (Å²) in [6.45, 7) is 8.15. The highest BCUT2D eigenvalue weighted by Crippen LogP contribution is 2.23. The molecule has 1 aromatic carbocycles. The van der Waals surface area contributed by atoms with Gasteiger partial charge in [-0.3, -0.25) is 14.5 Å². The van der Waals surface area contributed by atoms with Crippen LogP contribution in [-0.2, 0) is 14.3 Å². The van der Waals surface area contributed by atoms with E-state index in [1.807, 2.05) is 17.9 Å². The molecule has 38 heavy (non-hydrogen) atoms. The van der Waals surface area contributed by atoms with Crippen LogP contribution in [-0.4, -0.2) is 83.4 Å². The van der Waals surface area contributed by atoms with Gasteiger partial charge in [0.05, 0.1) is 12.1 Å². The molecule has 0 bridgehead atoms. The molecule has 11 nitrogen and oxygen atoms in total. The number of hydrogen-bond acceptors (Lipinski definition) is 8. The summed E-state index contributed by atoms with van der Waals surface area (Å²) in [7, 11) is 0. The number of likely N-dealkylation sites (tertiary alicyclic amines) is 2. The molecule has 2 aliphatic rings. The molecule has 2 heterocycles. The van der Waals surface area contributed by atoms with Crippen molar-refractivity contribution >= 4 is 24.2 Å². The first-order chi connectivity index (χ1) is 17.9. The van der Waals surface area contributed by atoms with Gasteiger partial charge in [-0.1, -0.05) is 12.1 Å². The second-order valence-electron chi connectivity index (χ2n) is 11.0. The van der Waals surface area contributed by atoms with E-state index < -0.39 is 35.7 Å². The highest BCUT2D eigenvalue weighted by molar-refractivity contribution is 5.92. The zero-order valence-electron chi connectivity index (χ0n) is 22.5. The van der Waals surface area contributed by atoms with Gasteiger partial charge in [-0.2, -0.15) is 5.26 Å². The van der Waals surface area contributed by atoms with Gasteiger partial charge in [-0.05, 0) is 64.7 Å². The monoisotopic (exact) mass is 526 g/mol. The summed E-state index contributed by atoms with van der Waals surface area (Å²) in [6.07, 6.45) is 1.93. The van der Waals surface area contributed by atoms with Crippen LogP contribution in [0.1, 0.15) is 68.9 Å². The number of nitrogens with one attached hydrogen (secondary N) is 2. The normalized spacial score (nSPS) is 23.3. The zero-order chi connectivity index (χ0) is 28.0. The number of nitrogens with zero attached hydrogens (tertiary/aromatic N) is 3. The summed E-state index contributed by atoms with van der Waals surface area (Å²) in [5.41, 5.74) is 5.96. The lowest BCUT2D eigenvalue weighted by atomic mass is 10.0. The molecular weight excluding hydrogens is 488 g/mol. The quantitative estimate of drug-likeness (QED) is 0.408. The van der Waals surface area contributed by atoms with Crippen LogP contribution >= 0.6 is 0 Å². The van der Waals surface area contributed by atoms with Crippen LogP contribution in [0.4, 0.5) is 4.79 Å². The van der Waals surface area contributed by atoms with Crippen molar-refractivity contribution in [2.24, 2.45) is 5.73 Å². The van der Waals surface area contributed by atoms with E-state index in [2.05, 4.69) is 16.7 Å². The molecule has 2 fully saturated rings. The number of rotatable bonds is 9. The third kappa shape index (κ3) is 7.52. The van der Waals surface area contributed by atoms with Crippen LogP contribution in [0.25, 0.3) is 0 Å². The number of nitrogens with two attached hydrogens (primary N) is 1. The number of carbonyl (C=O) groups is 4. The first-order valence-electron chi connectivity index (χ1n) is 13.0. The number of alkyl carbamates (subject to hydrolysis) is 1. The van der Waals surface area contributed by atoms with Gasteiger partial charge < -0.3 is 30.8 Å². The highest BCUT2D eigenvalue weighted by atomic mass is 16.6. The standard InChI is InChI=1S/C27H38N6O5/c1-17(18-7-5-8-19(11-18)24(29)35)30-20-12-22(16-34)32(14-20)15-23(31-26(37)38-27(2,3)4)25(36)33-10-6-9-21(33)13-28/h5,7-8,11,16-17,20-23,30H,6,9-10,12,14-15H2,1-4H3,(H2,29,35)(H,31,37)/t17?,20-,21?,22?,23?/m0/s1. The lowest BCUT2D eigenvalue weighted by Crippen LogP contribution is -2.56. The number of carbonyl (C=O) groups excluding carboxylic acids is 4. The third-order valence-electron chi connectivity index (χ3n) is 6.85. The second kappa shape index (κ2) is 12.4. The van der Waals surface area contributed by atoms with Gasteiger partial charge in [-0.25, -0.2) is 4.79 Å². The molecule has 0 radical (unpaired) electrons. The molecule has 0 spiro atoms. The average Bonchev–Trinajstić information content (AvgIpc) is 3.48. The van der Waals surface area contributed by atoms with Crippen molar-refractivity contribution in [2.45, 2.75) is 82.8 Å². The minimum Gasteiger partial charge on any atom is -0.444 e. The maximum absolute atomic E-state index is 13.5. The van der Waals surface area contributed by atoms with Crippen molar-refractivity contribution in [2.75, 3.05) is 19.6 Å². The fourth-order valence-corrected chi connectivity index (χ4v) is 5.05. The molecule has 4 unspecified atom stereocenters. The van der Waals surface area contributed by atoms with Gasteiger partial charge in [0.1, 0.15) is 24.0 Å². The van der Waals surface area contributed by atoms with E-state index in [1.165, 1.54) is 4.90 Å². The smallest absolute Gasteiger partial charge is 0.408 e. The summed E-state index contributed by atoms with van der Waals surface area (Å²) in [5, 5.41) is 15.7. The molecule has 4 N–H and O–H groups in total. The predicted molar refractivity (Wildman–Crippen MR) is 140 cm³/mol. The molecule has 0 aromatic heterocycles. The van der Waals surface area contributed by atoms with Crippen molar-refractivity contribution in [3.05, 3.63) is 35.4 Å². The average molecular weight is 527 g/mol. The lowest BCUT2D eigenvalue weighted by Gasteiger charge is -2.31. The van der Waals surface area contributed by atoms with Gasteiger partial charge in [0.25, 0.3) is 0 Å². The van der Waals surface area contributed by atoms with Gasteiger partial charge in [-0.15, -0.1) is 0 Å². The lowest BCUT2D eigenvalue weighted by molar-refractivity contribution is -0.134. The molecular formula is C27H38N6O5. The van der Waals surface area contributed by atoms with Crippen molar-refractivity contribution in [1.29, 1.82) is 5.26 Å². The first-order valence-corrected chi connectivity index (χ1v) is 13.0. The fraction of sp³-hybridized carbons (Fsp3) is 0.593. The van der Waals surface area contributed by atoms with Gasteiger partial charge in [0.2, 0.25) is 11.8 Å². The minimum absolute atomic E-state index is 0.0756. The topological polar surface area (TPSA) is 158 Å². The Morgan fingerprint density at radius 3 is 2.68 bits per heavy atom. The van der Waals surface area contributed by atoms with Crippen molar-refractivity contribution in [3.63, 3.8) is 0 Å². The molecule has 1 aromatic rings. The van der Waals surface area contributed by atoms with Gasteiger partial charge >= 0.3 is 6.09 Å². The van der Waals surface area contributed by atoms with E-state index in [0.29, 0.717) is 37.9 Å². The molecule has 0 saturated carbocycles. The largest absolute Gasteiger partial charge is 0.444 e. The second-order valence-corrected chi connectivity index (χ2v) is 11.0. The van der Waals surface area contributed by atoms with E-state index in [-0.39, 0.29) is 24.5 Å². The number of aldehydes is 1. The van der Waals surface area contributed by atoms with Gasteiger partial charge in [0.15, 0.2) is 0 Å². The van der Waals surface area contributed by atoms with E-state index in [1.54, 1.807) is 39.0 Å². The Bertz CT molecular complexity index is 1080. The summed E-state index contributed by atoms with van der Waals surface area (Å²) in [4.78, 5) is 53.0. The Labute approximate surface area is 223 Å². The van der Waals surface area contributed by atoms with Crippen LogP contribution in [0, 0.1) is 11.3 Å². The van der Waals surface area contributed by atoms with Crippen molar-refractivity contribution < 1.29 is 23.9 Å². The molecule has 2 saturated heterocycles. The van der Waals surface area contributed by atoms with Crippen LogP contribution in [0.5, 0.6) is 0 Å². The summed E-state index contributed by atoms with van der Waals surface area (Å²) in [6, 6.07) is 7.05. The number of ether oxygens (including phenoxy) is 1. The van der Waals surface area contributed by atoms with Crippen LogP contribution in [0.3, 0.4) is 0 Å². The number of nitriles is 1. The van der Waals surface area contributed by atoms with Crippen molar-refractivity contribution in [1.82, 2.24) is 20.4 Å². The Hall–Kier alpha value is -3.49. The number of primary amides is 1. The van der Waals surface area contributed by atoms with Crippen LogP contribution < -0.4 is 16.4 Å². The minimum atomic E-state index is -0.982. The molecule has 206 valence electrons. The van der Waals surface area contributed by atoms with Crippen molar-refractivity contribution in [3.8, 4) is 6.07 Å². The fourth-order valence-electron chi connectivity index (χ4n) is 5.05. The Morgan fingerprint density at radius 2 is 2.05 bits per heavy atom. The Kier molecular flexibility index (Phi) is 9.46. The van der Waals surface area contributed by atoms with E-state index in [0.717, 1.165) is 11.8 Å². The number of benzene rings is 1. The van der Waals surface area contributed by atoms with Crippen LogP contribution in [0.15, 0.2) is 24.3 Å². The van der Waals surface area contributed by atoms with Gasteiger partial charge in [0, 0.05) is 37.3 Å². The maximum Gasteiger partial charge on any atom is 0.408 e. The number of amides is 3. The molecule has 3 rings (SSSR count). The van der Waals surface area contributed by atoms with Crippen LogP contribution in [0.2, 0.25) is 0 Å². The Morgan fingerprint density at radius 1 is 1.32 bits per heavy atom. The maximum atomic E-state index is 13.5. The first kappa shape index (κ1) is 29.1. The van der Waals surface area contributed by atoms with E-state index >= 15 is 0 Å². The molecule has 3 amide bonds. The molecule has 5 atom stereocenters. The summed E-state index contributed by atoms with van der Waals surface area (Å²) in [5.74, 6) is -0.866. The molecule has 0 aliphatic carbocycles. The van der Waals surface area contributed by atoms with E-state index in [9.17, 15) is 24.4 Å². The molecule has 2 aliphatic heterocycles. The highest BCUT2D eigenvalue weighted by Gasteiger charge is 2.39. The summed E-state index contributed by atoms with van der Waals surface area (Å²) >= 11 is 0. The van der Waals surface area contributed by atoms with E-state index in [4.69, 9.17) is 10.5 Å². The summed E-state index contributed by atoms with van der Waals surface area (Å²) < 4.78 is 5.38. The number of hydrogen-bond donors (Lipinski definition) is 3. The molecule has 11 heteroatoms.